The average molecular weight is 378 g/mol. The molecule has 0 saturated carbocycles. The maximum Gasteiger partial charge on any atom is 0.240 e. The van der Waals surface area contributed by atoms with Crippen LogP contribution < -0.4 is 10.0 Å². The highest BCUT2D eigenvalue weighted by atomic mass is 79.9. The van der Waals surface area contributed by atoms with Gasteiger partial charge in [0.2, 0.25) is 15.9 Å². The zero-order valence-electron chi connectivity index (χ0n) is 12.1. The first-order valence-corrected chi connectivity index (χ1v) is 8.78. The van der Waals surface area contributed by atoms with Gasteiger partial charge < -0.3 is 10.2 Å². The zero-order valence-corrected chi connectivity index (χ0v) is 14.5. The molecule has 0 radical (unpaired) electrons. The first-order chi connectivity index (χ1) is 9.86. The molecule has 0 unspecified atom stereocenters. The second-order valence-corrected chi connectivity index (χ2v) is 7.20. The van der Waals surface area contributed by atoms with Crippen LogP contribution in [0, 0.1) is 0 Å². The first kappa shape index (κ1) is 18.1. The molecule has 1 rings (SSSR count). The van der Waals surface area contributed by atoms with E-state index in [0.717, 1.165) is 4.47 Å². The summed E-state index contributed by atoms with van der Waals surface area (Å²) < 4.78 is 27.2. The van der Waals surface area contributed by atoms with Crippen LogP contribution in [-0.2, 0) is 14.8 Å². The quantitative estimate of drug-likeness (QED) is 0.701. The molecule has 0 heterocycles. The SMILES string of the molecule is CNCCN(C)C(=O)CCNS(=O)(=O)c1ccc(Br)cc1. The summed E-state index contributed by atoms with van der Waals surface area (Å²) in [5, 5.41) is 2.95. The molecule has 0 aliphatic carbocycles. The number of rotatable bonds is 8. The van der Waals surface area contributed by atoms with Gasteiger partial charge in [-0.3, -0.25) is 4.79 Å². The highest BCUT2D eigenvalue weighted by molar-refractivity contribution is 9.10. The number of likely N-dealkylation sites (N-methyl/N-ethyl adjacent to an activating group) is 2. The van der Waals surface area contributed by atoms with Crippen molar-refractivity contribution < 1.29 is 13.2 Å². The maximum atomic E-state index is 12.0. The van der Waals surface area contributed by atoms with Crippen LogP contribution in [0.25, 0.3) is 0 Å². The molecule has 2 N–H and O–H groups in total. The minimum absolute atomic E-state index is 0.0844. The standard InChI is InChI=1S/C13H20BrN3O3S/c1-15-9-10-17(2)13(18)7-8-16-21(19,20)12-5-3-11(14)4-6-12/h3-6,15-16H,7-10H2,1-2H3. The van der Waals surface area contributed by atoms with Gasteiger partial charge in [0.25, 0.3) is 0 Å². The van der Waals surface area contributed by atoms with Crippen LogP contribution in [0.3, 0.4) is 0 Å². The predicted molar refractivity (Wildman–Crippen MR) is 85.5 cm³/mol. The smallest absolute Gasteiger partial charge is 0.240 e. The summed E-state index contributed by atoms with van der Waals surface area (Å²) in [6.07, 6.45) is 0.135. The van der Waals surface area contributed by atoms with Gasteiger partial charge in [-0.05, 0) is 31.3 Å². The van der Waals surface area contributed by atoms with Gasteiger partial charge in [0.15, 0.2) is 0 Å². The summed E-state index contributed by atoms with van der Waals surface area (Å²) in [6.45, 7) is 1.38. The number of nitrogens with zero attached hydrogens (tertiary/aromatic N) is 1. The van der Waals surface area contributed by atoms with Crippen molar-refractivity contribution in [2.45, 2.75) is 11.3 Å². The maximum absolute atomic E-state index is 12.0. The Morgan fingerprint density at radius 2 is 1.86 bits per heavy atom. The number of hydrogen-bond acceptors (Lipinski definition) is 4. The van der Waals surface area contributed by atoms with Crippen LogP contribution in [0.5, 0.6) is 0 Å². The molecule has 0 atom stereocenters. The summed E-state index contributed by atoms with van der Waals surface area (Å²) in [7, 11) is -0.0618. The molecule has 8 heteroatoms. The van der Waals surface area contributed by atoms with E-state index in [2.05, 4.69) is 26.0 Å². The van der Waals surface area contributed by atoms with Crippen LogP contribution >= 0.6 is 15.9 Å². The van der Waals surface area contributed by atoms with E-state index >= 15 is 0 Å². The minimum atomic E-state index is -3.57. The van der Waals surface area contributed by atoms with Gasteiger partial charge in [0.1, 0.15) is 0 Å². The third kappa shape index (κ3) is 6.13. The molecule has 0 aliphatic heterocycles. The van der Waals surface area contributed by atoms with Gasteiger partial charge in [-0.15, -0.1) is 0 Å². The number of carbonyl (C=O) groups excluding carboxylic acids is 1. The van der Waals surface area contributed by atoms with Gasteiger partial charge in [0, 0.05) is 37.6 Å². The van der Waals surface area contributed by atoms with Crippen LogP contribution in [0.1, 0.15) is 6.42 Å². The third-order valence-electron chi connectivity index (χ3n) is 2.88. The molecule has 0 spiro atoms. The topological polar surface area (TPSA) is 78.5 Å². The average Bonchev–Trinajstić information content (AvgIpc) is 2.44. The molecule has 21 heavy (non-hydrogen) atoms. The zero-order chi connectivity index (χ0) is 15.9. The van der Waals surface area contributed by atoms with E-state index in [0.29, 0.717) is 13.1 Å². The summed E-state index contributed by atoms with van der Waals surface area (Å²) in [5.41, 5.74) is 0. The second kappa shape index (κ2) is 8.47. The molecular weight excluding hydrogens is 358 g/mol. The number of carbonyl (C=O) groups is 1. The molecule has 0 bridgehead atoms. The van der Waals surface area contributed by atoms with E-state index in [9.17, 15) is 13.2 Å². The lowest BCUT2D eigenvalue weighted by Gasteiger charge is -2.17. The van der Waals surface area contributed by atoms with Crippen molar-refractivity contribution in [3.63, 3.8) is 0 Å². The van der Waals surface area contributed by atoms with E-state index in [1.165, 1.54) is 12.1 Å². The Balaban J connectivity index is 2.47. The Morgan fingerprint density at radius 1 is 1.24 bits per heavy atom. The van der Waals surface area contributed by atoms with Crippen LogP contribution in [0.15, 0.2) is 33.6 Å². The molecule has 118 valence electrons. The molecule has 0 aliphatic rings. The van der Waals surface area contributed by atoms with Gasteiger partial charge in [-0.2, -0.15) is 0 Å². The number of benzene rings is 1. The molecule has 1 aromatic carbocycles. The number of nitrogens with one attached hydrogen (secondary N) is 2. The van der Waals surface area contributed by atoms with Crippen molar-refractivity contribution in [3.8, 4) is 0 Å². The summed E-state index contributed by atoms with van der Waals surface area (Å²) in [5.74, 6) is -0.0937. The number of halogens is 1. The minimum Gasteiger partial charge on any atom is -0.344 e. The summed E-state index contributed by atoms with van der Waals surface area (Å²) in [6, 6.07) is 6.33. The Hall–Kier alpha value is -0.960. The van der Waals surface area contributed by atoms with Gasteiger partial charge in [-0.1, -0.05) is 15.9 Å². The van der Waals surface area contributed by atoms with Crippen LogP contribution in [0.4, 0.5) is 0 Å². The van der Waals surface area contributed by atoms with Gasteiger partial charge in [0.05, 0.1) is 4.90 Å². The highest BCUT2D eigenvalue weighted by Gasteiger charge is 2.15. The van der Waals surface area contributed by atoms with Gasteiger partial charge >= 0.3 is 0 Å². The highest BCUT2D eigenvalue weighted by Crippen LogP contribution is 2.14. The fraction of sp³-hybridized carbons (Fsp3) is 0.462. The molecule has 1 aromatic rings. The Kier molecular flexibility index (Phi) is 7.30. The van der Waals surface area contributed by atoms with E-state index in [4.69, 9.17) is 0 Å². The van der Waals surface area contributed by atoms with Crippen molar-refractivity contribution in [2.24, 2.45) is 0 Å². The van der Waals surface area contributed by atoms with Crippen LogP contribution in [-0.4, -0.2) is 53.0 Å². The van der Waals surface area contributed by atoms with E-state index < -0.39 is 10.0 Å². The van der Waals surface area contributed by atoms with Crippen molar-refractivity contribution in [1.29, 1.82) is 0 Å². The van der Waals surface area contributed by atoms with Crippen molar-refractivity contribution in [2.75, 3.05) is 33.7 Å². The van der Waals surface area contributed by atoms with Crippen molar-refractivity contribution in [3.05, 3.63) is 28.7 Å². The molecule has 1 amide bonds. The van der Waals surface area contributed by atoms with Gasteiger partial charge in [-0.25, -0.2) is 13.1 Å². The van der Waals surface area contributed by atoms with E-state index in [1.807, 2.05) is 7.05 Å². The lowest BCUT2D eigenvalue weighted by Crippen LogP contribution is -2.35. The summed E-state index contributed by atoms with van der Waals surface area (Å²) >= 11 is 3.25. The molecular formula is C13H20BrN3O3S. The number of sulfonamides is 1. The number of amides is 1. The Morgan fingerprint density at radius 3 is 2.43 bits per heavy atom. The van der Waals surface area contributed by atoms with E-state index in [1.54, 1.807) is 24.1 Å². The fourth-order valence-electron chi connectivity index (χ4n) is 1.58. The first-order valence-electron chi connectivity index (χ1n) is 6.50. The molecule has 0 aromatic heterocycles. The number of hydrogen-bond donors (Lipinski definition) is 2. The molecule has 6 nitrogen and oxygen atoms in total. The largest absolute Gasteiger partial charge is 0.344 e. The Labute approximate surface area is 134 Å². The Bertz CT molecular complexity index is 561. The predicted octanol–water partition coefficient (Wildman–Crippen LogP) is 0.795. The summed E-state index contributed by atoms with van der Waals surface area (Å²) in [4.78, 5) is 13.5. The molecule has 0 fully saturated rings. The van der Waals surface area contributed by atoms with Crippen molar-refractivity contribution in [1.82, 2.24) is 14.9 Å². The van der Waals surface area contributed by atoms with Crippen molar-refractivity contribution >= 4 is 31.9 Å². The normalized spacial score (nSPS) is 11.4. The van der Waals surface area contributed by atoms with Crippen LogP contribution in [0.2, 0.25) is 0 Å². The second-order valence-electron chi connectivity index (χ2n) is 4.52. The lowest BCUT2D eigenvalue weighted by molar-refractivity contribution is -0.129. The lowest BCUT2D eigenvalue weighted by atomic mass is 10.3. The fourth-order valence-corrected chi connectivity index (χ4v) is 2.88. The third-order valence-corrected chi connectivity index (χ3v) is 4.88. The monoisotopic (exact) mass is 377 g/mol. The van der Waals surface area contributed by atoms with E-state index in [-0.39, 0.29) is 23.8 Å². The molecule has 0 saturated heterocycles.